The molecule has 136 valence electrons. The Labute approximate surface area is 154 Å². The molecule has 1 saturated heterocycles. The number of nitriles is 1. The van der Waals surface area contributed by atoms with Crippen LogP contribution in [0.15, 0.2) is 36.8 Å². The first kappa shape index (κ1) is 18.2. The van der Waals surface area contributed by atoms with Gasteiger partial charge in [0, 0.05) is 76.4 Å². The molecule has 0 saturated carbocycles. The van der Waals surface area contributed by atoms with Gasteiger partial charge in [0.15, 0.2) is 0 Å². The number of likely N-dealkylation sites (N-methyl/N-ethyl adjacent to an activating group) is 1. The smallest absolute Gasteiger partial charge is 0.225 e. The van der Waals surface area contributed by atoms with Crippen molar-refractivity contribution in [1.29, 1.82) is 5.26 Å². The van der Waals surface area contributed by atoms with E-state index in [1.165, 1.54) is 0 Å². The van der Waals surface area contributed by atoms with Crippen LogP contribution < -0.4 is 4.90 Å². The van der Waals surface area contributed by atoms with E-state index in [4.69, 9.17) is 5.26 Å². The summed E-state index contributed by atoms with van der Waals surface area (Å²) < 4.78 is 0. The predicted molar refractivity (Wildman–Crippen MR) is 100 cm³/mol. The number of nitrogens with zero attached hydrogens (tertiary/aromatic N) is 7. The Balaban J connectivity index is 1.62. The molecule has 0 aliphatic carbocycles. The minimum absolute atomic E-state index is 0.493. The largest absolute Gasteiger partial charge is 0.338 e. The highest BCUT2D eigenvalue weighted by atomic mass is 15.3. The lowest BCUT2D eigenvalue weighted by Crippen LogP contribution is -2.45. The molecule has 0 atom stereocenters. The molecule has 0 amide bonds. The molecule has 0 radical (unpaired) electrons. The van der Waals surface area contributed by atoms with E-state index in [0.29, 0.717) is 26.1 Å². The summed E-state index contributed by atoms with van der Waals surface area (Å²) in [4.78, 5) is 20.2. The van der Waals surface area contributed by atoms with Crippen LogP contribution in [0.3, 0.4) is 0 Å². The molecule has 3 heterocycles. The second-order valence-corrected chi connectivity index (χ2v) is 6.62. The molecule has 0 bridgehead atoms. The van der Waals surface area contributed by atoms with E-state index in [0.717, 1.165) is 43.4 Å². The minimum Gasteiger partial charge on any atom is -0.338 e. The molecule has 7 heteroatoms. The van der Waals surface area contributed by atoms with Crippen LogP contribution in [-0.4, -0.2) is 64.5 Å². The van der Waals surface area contributed by atoms with Gasteiger partial charge in [-0.2, -0.15) is 5.26 Å². The van der Waals surface area contributed by atoms with E-state index >= 15 is 0 Å². The standard InChI is InChI=1S/C19H25N7/c1-24-9-11-26(12-10-24)19-22-13-17(14-23-19)15-25(8-4-6-20)16-18-5-2-3-7-21-18/h2-3,5,7,13-14H,4,8-12,15-16H2,1H3. The van der Waals surface area contributed by atoms with Gasteiger partial charge in [0.05, 0.1) is 11.8 Å². The van der Waals surface area contributed by atoms with Crippen LogP contribution in [0, 0.1) is 11.3 Å². The Hall–Kier alpha value is -2.56. The number of rotatable bonds is 7. The summed E-state index contributed by atoms with van der Waals surface area (Å²) in [7, 11) is 2.14. The SMILES string of the molecule is CN1CCN(c2ncc(CN(CCC#N)Cc3ccccn3)cn2)CC1. The Kier molecular flexibility index (Phi) is 6.47. The number of pyridine rings is 1. The molecule has 1 aliphatic rings. The van der Waals surface area contributed by atoms with Crippen molar-refractivity contribution in [3.05, 3.63) is 48.0 Å². The quantitative estimate of drug-likeness (QED) is 0.749. The maximum atomic E-state index is 8.92. The average molecular weight is 351 g/mol. The fourth-order valence-corrected chi connectivity index (χ4v) is 3.00. The second kappa shape index (κ2) is 9.22. The molecule has 2 aromatic heterocycles. The number of anilines is 1. The molecule has 0 N–H and O–H groups in total. The molecule has 7 nitrogen and oxygen atoms in total. The lowest BCUT2D eigenvalue weighted by atomic mass is 10.2. The number of hydrogen-bond acceptors (Lipinski definition) is 7. The van der Waals surface area contributed by atoms with Crippen molar-refractivity contribution in [2.75, 3.05) is 44.7 Å². The predicted octanol–water partition coefficient (Wildman–Crippen LogP) is 1.54. The molecule has 0 aromatic carbocycles. The first-order chi connectivity index (χ1) is 12.7. The van der Waals surface area contributed by atoms with Crippen molar-refractivity contribution in [3.63, 3.8) is 0 Å². The van der Waals surface area contributed by atoms with Crippen molar-refractivity contribution in [3.8, 4) is 6.07 Å². The Morgan fingerprint density at radius 3 is 2.50 bits per heavy atom. The van der Waals surface area contributed by atoms with Crippen LogP contribution in [-0.2, 0) is 13.1 Å². The minimum atomic E-state index is 0.493. The topological polar surface area (TPSA) is 72.2 Å². The Morgan fingerprint density at radius 1 is 1.08 bits per heavy atom. The van der Waals surface area contributed by atoms with E-state index < -0.39 is 0 Å². The monoisotopic (exact) mass is 351 g/mol. The van der Waals surface area contributed by atoms with Gasteiger partial charge < -0.3 is 9.80 Å². The maximum Gasteiger partial charge on any atom is 0.225 e. The number of hydrogen-bond donors (Lipinski definition) is 0. The van der Waals surface area contributed by atoms with E-state index in [9.17, 15) is 0 Å². The van der Waals surface area contributed by atoms with Crippen LogP contribution in [0.5, 0.6) is 0 Å². The van der Waals surface area contributed by atoms with E-state index in [1.807, 2.05) is 30.6 Å². The van der Waals surface area contributed by atoms with Gasteiger partial charge in [0.25, 0.3) is 0 Å². The zero-order chi connectivity index (χ0) is 18.2. The van der Waals surface area contributed by atoms with Gasteiger partial charge in [-0.05, 0) is 19.2 Å². The molecule has 2 aromatic rings. The first-order valence-corrected chi connectivity index (χ1v) is 8.98. The van der Waals surface area contributed by atoms with Crippen molar-refractivity contribution >= 4 is 5.95 Å². The van der Waals surface area contributed by atoms with Crippen LogP contribution in [0.25, 0.3) is 0 Å². The van der Waals surface area contributed by atoms with Crippen molar-refractivity contribution < 1.29 is 0 Å². The van der Waals surface area contributed by atoms with Crippen LogP contribution in [0.1, 0.15) is 17.7 Å². The fourth-order valence-electron chi connectivity index (χ4n) is 3.00. The number of aromatic nitrogens is 3. The van der Waals surface area contributed by atoms with Gasteiger partial charge in [-0.25, -0.2) is 9.97 Å². The zero-order valence-electron chi connectivity index (χ0n) is 15.3. The second-order valence-electron chi connectivity index (χ2n) is 6.62. The first-order valence-electron chi connectivity index (χ1n) is 8.98. The van der Waals surface area contributed by atoms with E-state index in [-0.39, 0.29) is 0 Å². The number of piperazine rings is 1. The summed E-state index contributed by atoms with van der Waals surface area (Å²) in [5.41, 5.74) is 2.05. The lowest BCUT2D eigenvalue weighted by Gasteiger charge is -2.32. The highest BCUT2D eigenvalue weighted by molar-refractivity contribution is 5.30. The molecule has 0 spiro atoms. The summed E-state index contributed by atoms with van der Waals surface area (Å²) in [6.07, 6.45) is 6.09. The molecular weight excluding hydrogens is 326 g/mol. The van der Waals surface area contributed by atoms with E-state index in [1.54, 1.807) is 6.20 Å². The molecular formula is C19H25N7. The zero-order valence-corrected chi connectivity index (χ0v) is 15.3. The summed E-state index contributed by atoms with van der Waals surface area (Å²) in [5, 5.41) is 8.92. The van der Waals surface area contributed by atoms with Gasteiger partial charge in [0.2, 0.25) is 5.95 Å². The van der Waals surface area contributed by atoms with Gasteiger partial charge >= 0.3 is 0 Å². The Morgan fingerprint density at radius 2 is 1.85 bits per heavy atom. The van der Waals surface area contributed by atoms with E-state index in [2.05, 4.69) is 42.8 Å². The fraction of sp³-hybridized carbons (Fsp3) is 0.474. The van der Waals surface area contributed by atoms with Crippen LogP contribution in [0.4, 0.5) is 5.95 Å². The average Bonchev–Trinajstić information content (AvgIpc) is 2.68. The molecule has 1 fully saturated rings. The van der Waals surface area contributed by atoms with Gasteiger partial charge in [0.1, 0.15) is 0 Å². The third-order valence-electron chi connectivity index (χ3n) is 4.54. The van der Waals surface area contributed by atoms with Crippen LogP contribution in [0.2, 0.25) is 0 Å². The molecule has 1 aliphatic heterocycles. The van der Waals surface area contributed by atoms with Crippen molar-refractivity contribution in [2.45, 2.75) is 19.5 Å². The summed E-state index contributed by atoms with van der Waals surface area (Å²) in [6, 6.07) is 8.12. The highest BCUT2D eigenvalue weighted by Gasteiger charge is 2.16. The normalized spacial score (nSPS) is 15.2. The molecule has 0 unspecified atom stereocenters. The van der Waals surface area contributed by atoms with Gasteiger partial charge in [-0.3, -0.25) is 9.88 Å². The molecule has 26 heavy (non-hydrogen) atoms. The summed E-state index contributed by atoms with van der Waals surface area (Å²) in [6.45, 7) is 6.12. The molecule has 3 rings (SSSR count). The van der Waals surface area contributed by atoms with Crippen molar-refractivity contribution in [1.82, 2.24) is 24.8 Å². The maximum absolute atomic E-state index is 8.92. The summed E-state index contributed by atoms with van der Waals surface area (Å²) in [5.74, 6) is 0.801. The van der Waals surface area contributed by atoms with Crippen molar-refractivity contribution in [2.24, 2.45) is 0 Å². The van der Waals surface area contributed by atoms with Gasteiger partial charge in [-0.15, -0.1) is 0 Å². The van der Waals surface area contributed by atoms with Crippen LogP contribution >= 0.6 is 0 Å². The Bertz CT molecular complexity index is 703. The summed E-state index contributed by atoms with van der Waals surface area (Å²) >= 11 is 0. The third-order valence-corrected chi connectivity index (χ3v) is 4.54. The lowest BCUT2D eigenvalue weighted by molar-refractivity contribution is 0.259. The third kappa shape index (κ3) is 5.22. The van der Waals surface area contributed by atoms with Gasteiger partial charge in [-0.1, -0.05) is 6.07 Å². The highest BCUT2D eigenvalue weighted by Crippen LogP contribution is 2.12.